The molecule has 3 N–H and O–H groups in total. The number of rotatable bonds is 10. The van der Waals surface area contributed by atoms with Gasteiger partial charge in [-0.2, -0.15) is 18.4 Å². The highest BCUT2D eigenvalue weighted by Crippen LogP contribution is 2.38. The minimum atomic E-state index is -4.70. The maximum Gasteiger partial charge on any atom is 0.416 e. The van der Waals surface area contributed by atoms with Crippen LogP contribution in [0.3, 0.4) is 0 Å². The molecule has 264 valence electrons. The lowest BCUT2D eigenvalue weighted by Crippen LogP contribution is -2.59. The molecule has 2 aliphatic rings. The highest BCUT2D eigenvalue weighted by Gasteiger charge is 2.45. The van der Waals surface area contributed by atoms with Crippen molar-refractivity contribution < 1.29 is 37.0 Å². The minimum Gasteiger partial charge on any atom is -0.466 e. The van der Waals surface area contributed by atoms with E-state index in [0.717, 1.165) is 35.1 Å². The van der Waals surface area contributed by atoms with E-state index in [1.54, 1.807) is 25.7 Å². The number of nitrogens with one attached hydrogen (secondary N) is 1. The fourth-order valence-corrected chi connectivity index (χ4v) is 5.60. The van der Waals surface area contributed by atoms with Crippen molar-refractivity contribution in [1.82, 2.24) is 14.7 Å². The summed E-state index contributed by atoms with van der Waals surface area (Å²) in [6.07, 6.45) is -0.592. The van der Waals surface area contributed by atoms with Gasteiger partial charge in [0.05, 0.1) is 35.9 Å². The van der Waals surface area contributed by atoms with Crippen LogP contribution in [0.2, 0.25) is 0 Å². The van der Waals surface area contributed by atoms with E-state index in [0.29, 0.717) is 31.8 Å². The number of hydrogen-bond donors (Lipinski definition) is 2. The summed E-state index contributed by atoms with van der Waals surface area (Å²) in [4.78, 5) is 44.3. The van der Waals surface area contributed by atoms with Gasteiger partial charge in [0.2, 0.25) is 5.96 Å². The topological polar surface area (TPSA) is 156 Å². The summed E-state index contributed by atoms with van der Waals surface area (Å²) in [6.45, 7) is 12.4. The molecule has 3 amide bonds. The van der Waals surface area contributed by atoms with Gasteiger partial charge in [-0.25, -0.2) is 14.4 Å². The molecule has 1 aromatic carbocycles. The number of urea groups is 1. The molecule has 1 saturated heterocycles. The predicted molar refractivity (Wildman–Crippen MR) is 177 cm³/mol. The fraction of sp³-hybridized carbons (Fsp3) is 0.441. The van der Waals surface area contributed by atoms with E-state index in [2.05, 4.69) is 6.58 Å². The van der Waals surface area contributed by atoms with Crippen molar-refractivity contribution >= 4 is 29.7 Å². The number of methoxy groups -OCH3 is 1. The summed E-state index contributed by atoms with van der Waals surface area (Å²) in [5.41, 5.74) is 4.53. The summed E-state index contributed by atoms with van der Waals surface area (Å²) >= 11 is 0. The number of carbonyl (C=O) groups excluding carboxylic acids is 3. The first-order valence-electron chi connectivity index (χ1n) is 15.4. The van der Waals surface area contributed by atoms with Gasteiger partial charge in [0.15, 0.2) is 0 Å². The minimum absolute atomic E-state index is 0.0443. The number of nitrogens with zero attached hydrogens (tertiary/aromatic N) is 5. The lowest BCUT2D eigenvalue weighted by atomic mass is 9.89. The second kappa shape index (κ2) is 15.4. The molecule has 0 aromatic heterocycles. The largest absolute Gasteiger partial charge is 0.466 e. The number of nitrogens with two attached hydrogens (primary N) is 1. The molecule has 2 aliphatic heterocycles. The number of amides is 3. The number of hydrogen-bond acceptors (Lipinski definition) is 8. The number of halogens is 3. The number of guanidine groups is 1. The molecule has 12 nitrogen and oxygen atoms in total. The molecular weight excluding hydrogens is 643 g/mol. The van der Waals surface area contributed by atoms with Crippen LogP contribution in [0, 0.1) is 22.7 Å². The van der Waals surface area contributed by atoms with Crippen molar-refractivity contribution in [2.75, 3.05) is 45.2 Å². The first-order chi connectivity index (χ1) is 22.8. The Bertz CT molecular complexity index is 1610. The van der Waals surface area contributed by atoms with Crippen molar-refractivity contribution in [3.63, 3.8) is 0 Å². The van der Waals surface area contributed by atoms with Crippen LogP contribution in [-0.4, -0.2) is 90.7 Å². The van der Waals surface area contributed by atoms with Gasteiger partial charge in [-0.15, -0.1) is 0 Å². The summed E-state index contributed by atoms with van der Waals surface area (Å²) in [6, 6.07) is 3.65. The number of anilines is 1. The molecule has 1 atom stereocenters. The van der Waals surface area contributed by atoms with E-state index in [1.807, 2.05) is 18.0 Å². The van der Waals surface area contributed by atoms with Gasteiger partial charge < -0.3 is 25.0 Å². The third-order valence-electron chi connectivity index (χ3n) is 7.91. The smallest absolute Gasteiger partial charge is 0.416 e. The maximum atomic E-state index is 13.6. The summed E-state index contributed by atoms with van der Waals surface area (Å²) in [7, 11) is 2.98. The van der Waals surface area contributed by atoms with Crippen molar-refractivity contribution in [3.05, 3.63) is 77.1 Å². The van der Waals surface area contributed by atoms with E-state index >= 15 is 0 Å². The Kier molecular flexibility index (Phi) is 12.1. The van der Waals surface area contributed by atoms with Crippen LogP contribution >= 0.6 is 0 Å². The number of ether oxygens (including phenoxy) is 2. The van der Waals surface area contributed by atoms with Gasteiger partial charge in [0, 0.05) is 43.5 Å². The SMILES string of the molecule is C=C/C(C#N)=C\C=C(/CCN(C)CC1CN(C(=O)OC(C)(C)C)C1)[C@@H]1C(C(=O)OC)=C(C)N(c2cccc(C(F)(F)F)c2)C(=N)N1C(N)=O. The lowest BCUT2D eigenvalue weighted by molar-refractivity contribution is -0.138. The third-order valence-corrected chi connectivity index (χ3v) is 7.91. The van der Waals surface area contributed by atoms with Gasteiger partial charge in [-0.1, -0.05) is 24.8 Å². The Balaban J connectivity index is 2.02. The van der Waals surface area contributed by atoms with E-state index in [-0.39, 0.29) is 41.0 Å². The van der Waals surface area contributed by atoms with Gasteiger partial charge in [-0.3, -0.25) is 15.2 Å². The number of allylic oxidation sites excluding steroid dienone is 5. The molecule has 1 fully saturated rings. The van der Waals surface area contributed by atoms with Crippen LogP contribution in [-0.2, 0) is 20.4 Å². The van der Waals surface area contributed by atoms with Gasteiger partial charge >= 0.3 is 24.3 Å². The molecule has 0 saturated carbocycles. The monoisotopic (exact) mass is 685 g/mol. The third kappa shape index (κ3) is 9.29. The number of benzene rings is 1. The highest BCUT2D eigenvalue weighted by atomic mass is 19.4. The Morgan fingerprint density at radius 2 is 1.86 bits per heavy atom. The quantitative estimate of drug-likeness (QED) is 0.188. The zero-order chi connectivity index (χ0) is 36.8. The van der Waals surface area contributed by atoms with Crippen LogP contribution in [0.25, 0.3) is 0 Å². The van der Waals surface area contributed by atoms with Crippen LogP contribution in [0.15, 0.2) is 71.5 Å². The van der Waals surface area contributed by atoms with E-state index in [9.17, 15) is 32.8 Å². The summed E-state index contributed by atoms with van der Waals surface area (Å²) in [5, 5.41) is 18.5. The van der Waals surface area contributed by atoms with Gasteiger partial charge in [0.1, 0.15) is 5.60 Å². The molecule has 3 rings (SSSR count). The fourth-order valence-electron chi connectivity index (χ4n) is 5.60. The Hall–Kier alpha value is -5.10. The zero-order valence-electron chi connectivity index (χ0n) is 28.4. The molecule has 15 heteroatoms. The molecule has 0 unspecified atom stereocenters. The van der Waals surface area contributed by atoms with Gasteiger partial charge in [0.25, 0.3) is 0 Å². The van der Waals surface area contributed by atoms with E-state index < -0.39 is 41.3 Å². The second-order valence-corrected chi connectivity index (χ2v) is 12.8. The average molecular weight is 686 g/mol. The lowest BCUT2D eigenvalue weighted by Gasteiger charge is -2.44. The van der Waals surface area contributed by atoms with E-state index in [4.69, 9.17) is 20.6 Å². The average Bonchev–Trinajstić information content (AvgIpc) is 2.98. The molecule has 2 heterocycles. The Morgan fingerprint density at radius 1 is 1.20 bits per heavy atom. The molecule has 0 bridgehead atoms. The van der Waals surface area contributed by atoms with Crippen LogP contribution in [0.4, 0.5) is 28.4 Å². The van der Waals surface area contributed by atoms with Gasteiger partial charge in [-0.05, 0) is 71.0 Å². The number of primary amides is 1. The first-order valence-corrected chi connectivity index (χ1v) is 15.4. The molecule has 1 aromatic rings. The zero-order valence-corrected chi connectivity index (χ0v) is 28.4. The van der Waals surface area contributed by atoms with Crippen molar-refractivity contribution in [2.45, 2.75) is 51.9 Å². The maximum absolute atomic E-state index is 13.6. The highest BCUT2D eigenvalue weighted by molar-refractivity contribution is 6.10. The molecular formula is C34H42F3N7O5. The number of carbonyl (C=O) groups is 3. The summed E-state index contributed by atoms with van der Waals surface area (Å²) in [5.74, 6) is -1.33. The first kappa shape index (κ1) is 38.3. The number of nitriles is 1. The van der Waals surface area contributed by atoms with Crippen molar-refractivity contribution in [2.24, 2.45) is 11.7 Å². The van der Waals surface area contributed by atoms with Crippen LogP contribution in [0.1, 0.15) is 39.7 Å². The standard InChI is InChI=1S/C34H42F3N7O5/c1-8-22(17-38)12-13-24(14-15-41(6)18-23-19-42(20-23)32(47)49-33(3,4)5)28-27(29(45)48-7)21(2)43(30(39)44(28)31(40)46)26-11-9-10-25(16-26)34(35,36)37/h8-13,16,23,28,39H,1,14-15,18-20H2,2-7H3,(H2,40,46)/b22-12+,24-13+,39-30?/t28-/m1/s1. The molecule has 49 heavy (non-hydrogen) atoms. The second-order valence-electron chi connectivity index (χ2n) is 12.8. The molecule has 0 spiro atoms. The summed E-state index contributed by atoms with van der Waals surface area (Å²) < 4.78 is 51.4. The molecule has 0 radical (unpaired) electrons. The Labute approximate surface area is 284 Å². The number of alkyl halides is 3. The van der Waals surface area contributed by atoms with Crippen LogP contribution in [0.5, 0.6) is 0 Å². The number of esters is 1. The predicted octanol–water partition coefficient (Wildman–Crippen LogP) is 5.41. The van der Waals surface area contributed by atoms with Crippen LogP contribution < -0.4 is 10.6 Å². The Morgan fingerprint density at radius 3 is 2.39 bits per heavy atom. The van der Waals surface area contributed by atoms with Crippen molar-refractivity contribution in [1.29, 1.82) is 10.7 Å². The van der Waals surface area contributed by atoms with E-state index in [1.165, 1.54) is 31.2 Å². The number of likely N-dealkylation sites (tertiary alicyclic amines) is 1. The normalized spacial score (nSPS) is 17.9. The van der Waals surface area contributed by atoms with Crippen molar-refractivity contribution in [3.8, 4) is 6.07 Å². The molecule has 0 aliphatic carbocycles.